The molecule has 0 fully saturated rings. The summed E-state index contributed by atoms with van der Waals surface area (Å²) < 4.78 is 2.49. The van der Waals surface area contributed by atoms with Crippen LogP contribution in [0.1, 0.15) is 35.1 Å². The summed E-state index contributed by atoms with van der Waals surface area (Å²) in [5.41, 5.74) is 4.42. The summed E-state index contributed by atoms with van der Waals surface area (Å²) in [6, 6.07) is 15.8. The molecule has 2 aromatic rings. The fourth-order valence-electron chi connectivity index (χ4n) is 3.04. The minimum atomic E-state index is 0.400. The van der Waals surface area contributed by atoms with Crippen molar-refractivity contribution in [1.29, 1.82) is 0 Å². The molecule has 3 rings (SSSR count). The van der Waals surface area contributed by atoms with Crippen LogP contribution in [0.15, 0.2) is 46.9 Å². The van der Waals surface area contributed by atoms with E-state index in [9.17, 15) is 0 Å². The maximum absolute atomic E-state index is 3.69. The molecule has 0 amide bonds. The van der Waals surface area contributed by atoms with Crippen LogP contribution in [0.2, 0.25) is 0 Å². The van der Waals surface area contributed by atoms with Gasteiger partial charge in [0.1, 0.15) is 0 Å². The van der Waals surface area contributed by atoms with Crippen molar-refractivity contribution in [1.82, 2.24) is 5.32 Å². The highest BCUT2D eigenvalue weighted by molar-refractivity contribution is 14.1. The Kier molecular flexibility index (Phi) is 4.48. The van der Waals surface area contributed by atoms with Crippen molar-refractivity contribution in [2.24, 2.45) is 0 Å². The molecule has 1 nitrogen and oxygen atoms in total. The highest BCUT2D eigenvalue weighted by Crippen LogP contribution is 2.41. The second kappa shape index (κ2) is 6.16. The van der Waals surface area contributed by atoms with Crippen LogP contribution in [0.25, 0.3) is 0 Å². The van der Waals surface area contributed by atoms with E-state index in [4.69, 9.17) is 0 Å². The molecule has 0 heterocycles. The molecule has 20 heavy (non-hydrogen) atoms. The van der Waals surface area contributed by atoms with E-state index >= 15 is 0 Å². The van der Waals surface area contributed by atoms with E-state index in [0.29, 0.717) is 12.0 Å². The number of hydrogen-bond donors (Lipinski definition) is 1. The Morgan fingerprint density at radius 1 is 1.30 bits per heavy atom. The van der Waals surface area contributed by atoms with Crippen molar-refractivity contribution in [3.63, 3.8) is 0 Å². The minimum absolute atomic E-state index is 0.400. The van der Waals surface area contributed by atoms with Gasteiger partial charge in [-0.2, -0.15) is 0 Å². The SMILES string of the molecule is CNC(CC1Cc2ccccc21)c1cc(I)ccc1Br. The predicted octanol–water partition coefficient (Wildman–Crippen LogP) is 5.04. The van der Waals surface area contributed by atoms with E-state index in [1.54, 1.807) is 0 Å². The molecule has 0 aliphatic heterocycles. The van der Waals surface area contributed by atoms with Gasteiger partial charge < -0.3 is 5.32 Å². The number of benzene rings is 2. The molecule has 0 radical (unpaired) electrons. The Morgan fingerprint density at radius 3 is 2.85 bits per heavy atom. The van der Waals surface area contributed by atoms with Crippen molar-refractivity contribution in [3.05, 3.63) is 67.2 Å². The van der Waals surface area contributed by atoms with Crippen molar-refractivity contribution >= 4 is 38.5 Å². The third-order valence-electron chi connectivity index (χ3n) is 4.16. The second-order valence-electron chi connectivity index (χ2n) is 5.34. The molecule has 104 valence electrons. The lowest BCUT2D eigenvalue weighted by molar-refractivity contribution is 0.451. The summed E-state index contributed by atoms with van der Waals surface area (Å²) in [5.74, 6) is 0.688. The van der Waals surface area contributed by atoms with Crippen LogP contribution in [0.5, 0.6) is 0 Å². The van der Waals surface area contributed by atoms with E-state index in [2.05, 4.69) is 93.3 Å². The van der Waals surface area contributed by atoms with Gasteiger partial charge in [0.25, 0.3) is 0 Å². The molecule has 1 aliphatic carbocycles. The van der Waals surface area contributed by atoms with Gasteiger partial charge in [0, 0.05) is 14.1 Å². The molecule has 3 heteroatoms. The Bertz CT molecular complexity index is 626. The van der Waals surface area contributed by atoms with Crippen LogP contribution in [0, 0.1) is 3.57 Å². The van der Waals surface area contributed by atoms with Crippen molar-refractivity contribution < 1.29 is 0 Å². The lowest BCUT2D eigenvalue weighted by Crippen LogP contribution is -2.25. The van der Waals surface area contributed by atoms with Gasteiger partial charge in [-0.1, -0.05) is 40.2 Å². The lowest BCUT2D eigenvalue weighted by atomic mass is 9.74. The quantitative estimate of drug-likeness (QED) is 0.655. The summed E-state index contributed by atoms with van der Waals surface area (Å²) in [6.07, 6.45) is 2.38. The minimum Gasteiger partial charge on any atom is -0.313 e. The Hall–Kier alpha value is -0.390. The van der Waals surface area contributed by atoms with Gasteiger partial charge in [0.15, 0.2) is 0 Å². The molecule has 0 spiro atoms. The summed E-state index contributed by atoms with van der Waals surface area (Å²) >= 11 is 6.07. The second-order valence-corrected chi connectivity index (χ2v) is 7.44. The number of hydrogen-bond acceptors (Lipinski definition) is 1. The molecule has 1 N–H and O–H groups in total. The smallest absolute Gasteiger partial charge is 0.0335 e. The number of nitrogens with one attached hydrogen (secondary N) is 1. The topological polar surface area (TPSA) is 12.0 Å². The average Bonchev–Trinajstić information content (AvgIpc) is 2.43. The van der Waals surface area contributed by atoms with Crippen molar-refractivity contribution in [3.8, 4) is 0 Å². The first-order valence-corrected chi connectivity index (χ1v) is 8.76. The Labute approximate surface area is 142 Å². The fourth-order valence-corrected chi connectivity index (χ4v) is 4.08. The zero-order chi connectivity index (χ0) is 14.1. The van der Waals surface area contributed by atoms with Gasteiger partial charge >= 0.3 is 0 Å². The van der Waals surface area contributed by atoms with Gasteiger partial charge in [-0.05, 0) is 83.3 Å². The van der Waals surface area contributed by atoms with E-state index in [-0.39, 0.29) is 0 Å². The first kappa shape index (κ1) is 14.5. The molecule has 2 aromatic carbocycles. The van der Waals surface area contributed by atoms with Gasteiger partial charge in [0.2, 0.25) is 0 Å². The molecule has 0 saturated carbocycles. The van der Waals surface area contributed by atoms with Gasteiger partial charge in [-0.3, -0.25) is 0 Å². The number of fused-ring (bicyclic) bond motifs is 1. The van der Waals surface area contributed by atoms with Crippen molar-refractivity contribution in [2.75, 3.05) is 7.05 Å². The van der Waals surface area contributed by atoms with Crippen LogP contribution in [-0.2, 0) is 6.42 Å². The predicted molar refractivity (Wildman–Crippen MR) is 96.2 cm³/mol. The zero-order valence-electron chi connectivity index (χ0n) is 11.4. The van der Waals surface area contributed by atoms with E-state index in [1.165, 1.54) is 31.2 Å². The summed E-state index contributed by atoms with van der Waals surface area (Å²) in [6.45, 7) is 0. The lowest BCUT2D eigenvalue weighted by Gasteiger charge is -2.33. The first-order chi connectivity index (χ1) is 9.69. The molecule has 2 atom stereocenters. The monoisotopic (exact) mass is 441 g/mol. The number of rotatable bonds is 4. The van der Waals surface area contributed by atoms with E-state index in [0.717, 1.165) is 6.42 Å². The van der Waals surface area contributed by atoms with Crippen LogP contribution in [0.3, 0.4) is 0 Å². The third-order valence-corrected chi connectivity index (χ3v) is 5.56. The fraction of sp³-hybridized carbons (Fsp3) is 0.294. The molecule has 0 saturated heterocycles. The zero-order valence-corrected chi connectivity index (χ0v) is 15.1. The molecular weight excluding hydrogens is 425 g/mol. The van der Waals surface area contributed by atoms with Gasteiger partial charge in [0.05, 0.1) is 0 Å². The number of halogens is 2. The van der Waals surface area contributed by atoms with Crippen LogP contribution in [-0.4, -0.2) is 7.05 Å². The van der Waals surface area contributed by atoms with Crippen LogP contribution < -0.4 is 5.32 Å². The molecule has 1 aliphatic rings. The average molecular weight is 442 g/mol. The Balaban J connectivity index is 1.80. The van der Waals surface area contributed by atoms with E-state index < -0.39 is 0 Å². The van der Waals surface area contributed by atoms with Crippen LogP contribution in [0.4, 0.5) is 0 Å². The Morgan fingerprint density at radius 2 is 2.10 bits per heavy atom. The van der Waals surface area contributed by atoms with Gasteiger partial charge in [-0.15, -0.1) is 0 Å². The molecular formula is C17H17BrIN. The highest BCUT2D eigenvalue weighted by Gasteiger charge is 2.28. The maximum atomic E-state index is 3.69. The first-order valence-electron chi connectivity index (χ1n) is 6.89. The third kappa shape index (κ3) is 2.81. The molecule has 0 bridgehead atoms. The molecule has 0 aromatic heterocycles. The molecule has 2 unspecified atom stereocenters. The van der Waals surface area contributed by atoms with Gasteiger partial charge in [-0.25, -0.2) is 0 Å². The highest BCUT2D eigenvalue weighted by atomic mass is 127. The standard InChI is InChI=1S/C17H17BrIN/c1-20-17(15-10-13(19)6-7-16(15)18)9-12-8-11-4-2-3-5-14(11)12/h2-7,10,12,17,20H,8-9H2,1H3. The normalized spacial score (nSPS) is 18.2. The summed E-state index contributed by atoms with van der Waals surface area (Å²) in [4.78, 5) is 0. The van der Waals surface area contributed by atoms with E-state index in [1.807, 2.05) is 0 Å². The largest absolute Gasteiger partial charge is 0.313 e. The summed E-state index contributed by atoms with van der Waals surface area (Å²) in [7, 11) is 2.06. The van der Waals surface area contributed by atoms with Crippen LogP contribution >= 0.6 is 38.5 Å². The summed E-state index contributed by atoms with van der Waals surface area (Å²) in [5, 5.41) is 3.48. The van der Waals surface area contributed by atoms with Crippen molar-refractivity contribution in [2.45, 2.75) is 24.8 Å². The maximum Gasteiger partial charge on any atom is 0.0335 e.